The maximum absolute atomic E-state index is 15.0. The molecule has 2 N–H and O–H groups in total. The highest BCUT2D eigenvalue weighted by Crippen LogP contribution is 2.56. The second kappa shape index (κ2) is 21.1. The third kappa shape index (κ3) is 10.5. The Morgan fingerprint density at radius 3 is 1.93 bits per heavy atom. The number of ether oxygens (including phenoxy) is 2. The monoisotopic (exact) mass is 1020 g/mol. The number of benzene rings is 5. The number of carbonyl (C=O) groups excluding carboxylic acids is 3. The van der Waals surface area contributed by atoms with E-state index in [0.29, 0.717) is 22.0 Å². The van der Waals surface area contributed by atoms with Gasteiger partial charge in [0.15, 0.2) is 10.0 Å². The molecule has 0 radical (unpaired) electrons. The van der Waals surface area contributed by atoms with Crippen molar-refractivity contribution in [1.29, 1.82) is 0 Å². The average Bonchev–Trinajstić information content (AvgIpc) is 4.03. The minimum absolute atomic E-state index is 0.0242. The molecular formula is C53H48N8O6S4. The van der Waals surface area contributed by atoms with Crippen molar-refractivity contribution in [3.05, 3.63) is 208 Å². The second-order valence-corrected chi connectivity index (χ2v) is 21.0. The van der Waals surface area contributed by atoms with Crippen LogP contribution in [0.25, 0.3) is 0 Å². The molecule has 9 rings (SSSR count). The highest BCUT2D eigenvalue weighted by Gasteiger charge is 2.57. The summed E-state index contributed by atoms with van der Waals surface area (Å²) in [6.07, 6.45) is 1.47. The van der Waals surface area contributed by atoms with E-state index in [1.807, 2.05) is 152 Å². The van der Waals surface area contributed by atoms with Gasteiger partial charge in [0.1, 0.15) is 28.6 Å². The third-order valence-corrected chi connectivity index (χ3v) is 15.2. The number of rotatable bonds is 16. The first-order valence-electron chi connectivity index (χ1n) is 22.5. The lowest BCUT2D eigenvalue weighted by Crippen LogP contribution is -2.61. The maximum Gasteiger partial charge on any atom is 0.413 e. The van der Waals surface area contributed by atoms with Gasteiger partial charge in [-0.25, -0.2) is 14.5 Å². The summed E-state index contributed by atoms with van der Waals surface area (Å²) >= 11 is 10.2. The highest BCUT2D eigenvalue weighted by molar-refractivity contribution is 8.01. The van der Waals surface area contributed by atoms with E-state index in [9.17, 15) is 14.4 Å². The van der Waals surface area contributed by atoms with Crippen LogP contribution in [0.3, 0.4) is 0 Å². The molecule has 0 spiro atoms. The van der Waals surface area contributed by atoms with Crippen molar-refractivity contribution >= 4 is 81.4 Å². The molecule has 1 unspecified atom stereocenters. The van der Waals surface area contributed by atoms with Crippen LogP contribution >= 0.6 is 47.1 Å². The lowest BCUT2D eigenvalue weighted by molar-refractivity contribution is -0.138. The zero-order valence-corrected chi connectivity index (χ0v) is 42.3. The maximum atomic E-state index is 15.0. The van der Waals surface area contributed by atoms with Crippen LogP contribution in [0.2, 0.25) is 0 Å². The molecule has 71 heavy (non-hydrogen) atoms. The summed E-state index contributed by atoms with van der Waals surface area (Å²) in [7, 11) is 1.77. The number of thiocarbonyl (C=S) groups is 1. The van der Waals surface area contributed by atoms with Gasteiger partial charge < -0.3 is 19.6 Å². The van der Waals surface area contributed by atoms with E-state index in [0.717, 1.165) is 45.4 Å². The van der Waals surface area contributed by atoms with Gasteiger partial charge in [0.25, 0.3) is 5.91 Å². The Bertz CT molecular complexity index is 2940. The van der Waals surface area contributed by atoms with Crippen LogP contribution in [0, 0.1) is 0 Å². The number of fused-ring (bicyclic) bond motifs is 1. The van der Waals surface area contributed by atoms with Crippen molar-refractivity contribution in [2.45, 2.75) is 59.8 Å². The Morgan fingerprint density at radius 2 is 1.42 bits per heavy atom. The molecule has 2 atom stereocenters. The Morgan fingerprint density at radius 1 is 0.873 bits per heavy atom. The largest absolute Gasteiger partial charge is 0.469 e. The van der Waals surface area contributed by atoms with Gasteiger partial charge >= 0.3 is 6.09 Å². The number of thioether (sulfide) groups is 2. The molecule has 7 aromatic rings. The summed E-state index contributed by atoms with van der Waals surface area (Å²) in [6, 6.07) is 48.4. The van der Waals surface area contributed by atoms with Crippen LogP contribution in [-0.4, -0.2) is 70.8 Å². The molecule has 18 heteroatoms. The zero-order valence-electron chi connectivity index (χ0n) is 39.0. The number of carbonyl (C=O) groups is 3. The van der Waals surface area contributed by atoms with E-state index in [2.05, 4.69) is 26.1 Å². The molecule has 5 aromatic carbocycles. The van der Waals surface area contributed by atoms with E-state index in [-0.39, 0.29) is 28.3 Å². The lowest BCUT2D eigenvalue weighted by Gasteiger charge is -2.52. The molecule has 2 aliphatic heterocycles. The summed E-state index contributed by atoms with van der Waals surface area (Å²) in [5, 5.41) is 21.0. The first-order chi connectivity index (χ1) is 34.3. The molecule has 14 nitrogen and oxygen atoms in total. The van der Waals surface area contributed by atoms with Crippen molar-refractivity contribution in [2.75, 3.05) is 11.1 Å². The fourth-order valence-electron chi connectivity index (χ4n) is 8.34. The van der Waals surface area contributed by atoms with Gasteiger partial charge in [0.2, 0.25) is 16.6 Å². The first kappa shape index (κ1) is 48.9. The molecule has 4 heterocycles. The SMILES string of the molecule is Cn1nncc1SCC1=C(C(=S)OC(c2ccccc2)c2ccccc2)N2C(=O)C[C@H]2SC1(NC(=O)/C=N/OC(c1ccccc1)(c1ccccc1)c1ccccc1)c1csc(NC(=O)OC(C)(C)C)n1. The van der Waals surface area contributed by atoms with Crippen LogP contribution < -0.4 is 10.6 Å². The number of aryl methyl sites for hydroxylation is 1. The summed E-state index contributed by atoms with van der Waals surface area (Å²) in [5.41, 5.74) is 3.09. The van der Waals surface area contributed by atoms with E-state index in [1.165, 1.54) is 23.5 Å². The van der Waals surface area contributed by atoms with Gasteiger partial charge in [-0.1, -0.05) is 174 Å². The van der Waals surface area contributed by atoms with Gasteiger partial charge in [0.05, 0.1) is 23.7 Å². The molecule has 3 amide bonds. The number of β-lactam (4-membered cyclic amide) rings is 1. The zero-order chi connectivity index (χ0) is 49.6. The number of anilines is 1. The fourth-order valence-corrected chi connectivity index (χ4v) is 12.2. The van der Waals surface area contributed by atoms with E-state index < -0.39 is 39.6 Å². The molecule has 360 valence electrons. The highest BCUT2D eigenvalue weighted by atomic mass is 32.2. The molecule has 2 aromatic heterocycles. The van der Waals surface area contributed by atoms with E-state index >= 15 is 0 Å². The van der Waals surface area contributed by atoms with Crippen LogP contribution in [0.15, 0.2) is 185 Å². The fraction of sp³-hybridized carbons (Fsp3) is 0.208. The van der Waals surface area contributed by atoms with E-state index in [4.69, 9.17) is 31.5 Å². The normalized spacial score (nSPS) is 16.8. The van der Waals surface area contributed by atoms with Crippen molar-refractivity contribution < 1.29 is 28.7 Å². The molecule has 2 aliphatic rings. The van der Waals surface area contributed by atoms with Gasteiger partial charge in [-0.15, -0.1) is 28.2 Å². The third-order valence-electron chi connectivity index (χ3n) is 11.5. The van der Waals surface area contributed by atoms with Gasteiger partial charge in [-0.3, -0.25) is 19.8 Å². The van der Waals surface area contributed by atoms with Crippen molar-refractivity contribution in [1.82, 2.24) is 30.2 Å². The summed E-state index contributed by atoms with van der Waals surface area (Å²) in [6.45, 7) is 5.30. The van der Waals surface area contributed by atoms with E-state index in [1.54, 1.807) is 49.0 Å². The summed E-state index contributed by atoms with van der Waals surface area (Å²) in [4.78, 5) is 53.8. The second-order valence-electron chi connectivity index (χ2n) is 17.4. The van der Waals surface area contributed by atoms with Gasteiger partial charge in [-0.05, 0) is 44.1 Å². The van der Waals surface area contributed by atoms with Crippen molar-refractivity contribution in [3.63, 3.8) is 0 Å². The summed E-state index contributed by atoms with van der Waals surface area (Å²) in [5.74, 6) is -0.704. The number of nitrogens with zero attached hydrogens (tertiary/aromatic N) is 6. The van der Waals surface area contributed by atoms with Crippen LogP contribution in [0.4, 0.5) is 9.93 Å². The number of thiazole rings is 1. The molecule has 1 fully saturated rings. The van der Waals surface area contributed by atoms with Crippen molar-refractivity contribution in [2.24, 2.45) is 12.2 Å². The van der Waals surface area contributed by atoms with Gasteiger partial charge in [-0.2, -0.15) is 0 Å². The Labute approximate surface area is 428 Å². The number of aromatic nitrogens is 4. The predicted molar refractivity (Wildman–Crippen MR) is 281 cm³/mol. The predicted octanol–water partition coefficient (Wildman–Crippen LogP) is 10.4. The van der Waals surface area contributed by atoms with Crippen molar-refractivity contribution in [3.8, 4) is 0 Å². The molecule has 0 saturated carbocycles. The summed E-state index contributed by atoms with van der Waals surface area (Å²) < 4.78 is 14.1. The Balaban J connectivity index is 1.18. The smallest absolute Gasteiger partial charge is 0.413 e. The minimum atomic E-state index is -1.57. The number of oxime groups is 1. The number of hydrogen-bond acceptors (Lipinski definition) is 14. The molecular weight excluding hydrogens is 973 g/mol. The number of nitrogens with one attached hydrogen (secondary N) is 2. The topological polar surface area (TPSA) is 162 Å². The molecule has 0 bridgehead atoms. The lowest BCUT2D eigenvalue weighted by atomic mass is 9.80. The van der Waals surface area contributed by atoms with Crippen LogP contribution in [0.5, 0.6) is 0 Å². The quantitative estimate of drug-likeness (QED) is 0.0236. The Hall–Kier alpha value is -7.12. The molecule has 0 aliphatic carbocycles. The average molecular weight is 1020 g/mol. The first-order valence-corrected chi connectivity index (χ1v) is 25.7. The van der Waals surface area contributed by atoms with Crippen LogP contribution in [-0.2, 0) is 41.4 Å². The molecule has 1 saturated heterocycles. The minimum Gasteiger partial charge on any atom is -0.469 e. The number of hydrogen-bond donors (Lipinski definition) is 2. The standard InChI is InChI=1S/C53H48N8O6S4/c1-51(2,3)66-50(64)57-49-56-41(34-70-49)53(58-42(62)31-55-67-52(37-24-14-7-15-25-37,38-26-16-8-17-27-38)39-28-18-9-19-29-39)40(33-69-45-32-54-59-60(45)4)46(61-43(63)30-44(61)71-53)48(68)65-47(35-20-10-5-11-21-35)36-22-12-6-13-23-36/h5-29,31-32,34,44,47H,30,33H2,1-4H3,(H,58,62)(H,56,57,64)/b55-31+/t44-,53?/m1/s1. The van der Waals surface area contributed by atoms with Gasteiger partial charge in [0, 0.05) is 40.4 Å². The van der Waals surface area contributed by atoms with Crippen LogP contribution in [0.1, 0.15) is 66.8 Å². The Kier molecular flexibility index (Phi) is 14.5. The number of amides is 3.